The van der Waals surface area contributed by atoms with E-state index >= 15 is 0 Å². The van der Waals surface area contributed by atoms with Crippen molar-refractivity contribution in [2.75, 3.05) is 20.1 Å². The van der Waals surface area contributed by atoms with Crippen molar-refractivity contribution < 1.29 is 4.39 Å². The van der Waals surface area contributed by atoms with E-state index in [2.05, 4.69) is 9.47 Å². The van der Waals surface area contributed by atoms with Crippen LogP contribution in [0, 0.1) is 6.92 Å². The van der Waals surface area contributed by atoms with Crippen LogP contribution in [0.15, 0.2) is 24.4 Å². The number of likely N-dealkylation sites (tertiary alicyclic amines) is 1. The Morgan fingerprint density at radius 3 is 2.88 bits per heavy atom. The first-order valence-electron chi connectivity index (χ1n) is 7.96. The minimum atomic E-state index is -0.902. The van der Waals surface area contributed by atoms with Crippen LogP contribution >= 0.6 is 23.1 Å². The molecule has 3 heterocycles. The molecule has 1 aromatic carbocycles. The average molecular weight is 365 g/mol. The Bertz CT molecular complexity index is 890. The quantitative estimate of drug-likeness (QED) is 0.683. The lowest BCUT2D eigenvalue weighted by atomic mass is 9.87. The predicted molar refractivity (Wildman–Crippen MR) is 96.2 cm³/mol. The fraction of sp³-hybridized carbons (Fsp3) is 0.412. The lowest BCUT2D eigenvalue weighted by Gasteiger charge is -2.33. The molecule has 0 N–H and O–H groups in total. The van der Waals surface area contributed by atoms with Gasteiger partial charge in [-0.2, -0.15) is 9.47 Å². The zero-order valence-electron chi connectivity index (χ0n) is 13.5. The number of nitrogens with zero attached hydrogens (tertiary/aromatic N) is 4. The molecule has 4 rings (SSSR count). The summed E-state index contributed by atoms with van der Waals surface area (Å²) in [6, 6.07) is 5.90. The molecule has 0 amide bonds. The maximum Gasteiger partial charge on any atom is 0.138 e. The summed E-state index contributed by atoms with van der Waals surface area (Å²) < 4.78 is 20.8. The minimum absolute atomic E-state index is 0.162. The molecule has 1 aliphatic heterocycles. The number of aryl methyl sites for hydroxylation is 1. The molecule has 1 aliphatic rings. The third-order valence-electron chi connectivity index (χ3n) is 4.65. The van der Waals surface area contributed by atoms with Gasteiger partial charge in [-0.05, 0) is 62.2 Å². The summed E-state index contributed by atoms with van der Waals surface area (Å²) >= 11 is 7.88. The Morgan fingerprint density at radius 1 is 1.33 bits per heavy atom. The number of hydrogen-bond donors (Lipinski definition) is 0. The summed E-state index contributed by atoms with van der Waals surface area (Å²) in [5.41, 5.74) is 2.80. The van der Waals surface area contributed by atoms with Gasteiger partial charge in [-0.3, -0.25) is 0 Å². The van der Waals surface area contributed by atoms with Crippen LogP contribution in [-0.2, 0) is 0 Å². The molecule has 0 unspecified atom stereocenters. The zero-order chi connectivity index (χ0) is 16.8. The number of hydrogen-bond acceptors (Lipinski definition) is 4. The van der Waals surface area contributed by atoms with Crippen LogP contribution < -0.4 is 0 Å². The highest BCUT2D eigenvalue weighted by molar-refractivity contribution is 7.08. The van der Waals surface area contributed by atoms with E-state index in [0.717, 1.165) is 40.1 Å². The molecule has 4 nitrogen and oxygen atoms in total. The molecule has 0 aliphatic carbocycles. The number of aromatic nitrogens is 3. The smallest absolute Gasteiger partial charge is 0.138 e. The van der Waals surface area contributed by atoms with Crippen LogP contribution in [0.2, 0.25) is 5.02 Å². The maximum atomic E-state index is 14.6. The maximum absolute atomic E-state index is 14.6. The largest absolute Gasteiger partial charge is 0.303 e. The van der Waals surface area contributed by atoms with Gasteiger partial charge in [-0.1, -0.05) is 11.6 Å². The number of fused-ring (bicyclic) bond motifs is 1. The molecule has 0 spiro atoms. The summed E-state index contributed by atoms with van der Waals surface area (Å²) in [5, 5.41) is 7.00. The van der Waals surface area contributed by atoms with Crippen molar-refractivity contribution >= 4 is 34.0 Å². The van der Waals surface area contributed by atoms with Crippen molar-refractivity contribution in [1.29, 1.82) is 0 Å². The molecule has 0 saturated carbocycles. The molecule has 7 heteroatoms. The molecule has 0 bridgehead atoms. The number of piperidine rings is 1. The van der Waals surface area contributed by atoms with Crippen LogP contribution in [0.5, 0.6) is 0 Å². The number of benzene rings is 1. The Hall–Kier alpha value is -1.50. The third-order valence-corrected chi connectivity index (χ3v) is 5.84. The molecule has 126 valence electrons. The average Bonchev–Trinajstić information content (AvgIpc) is 3.12. The van der Waals surface area contributed by atoms with Gasteiger partial charge in [-0.15, -0.1) is 0 Å². The summed E-state index contributed by atoms with van der Waals surface area (Å²) in [7, 11) is 1.95. The highest BCUT2D eigenvalue weighted by atomic mass is 35.5. The minimum Gasteiger partial charge on any atom is -0.303 e. The molecule has 0 radical (unpaired) electrons. The van der Waals surface area contributed by atoms with Crippen molar-refractivity contribution in [3.63, 3.8) is 0 Å². The molecule has 3 aromatic rings. The van der Waals surface area contributed by atoms with Crippen LogP contribution in [0.1, 0.15) is 23.6 Å². The van der Waals surface area contributed by atoms with Crippen LogP contribution in [0.25, 0.3) is 15.9 Å². The normalized spacial score (nSPS) is 22.3. The van der Waals surface area contributed by atoms with Crippen molar-refractivity contribution in [1.82, 2.24) is 19.1 Å². The van der Waals surface area contributed by atoms with Gasteiger partial charge in [0.05, 0.1) is 17.4 Å². The van der Waals surface area contributed by atoms with E-state index < -0.39 is 6.17 Å². The van der Waals surface area contributed by atoms with Crippen molar-refractivity contribution in [3.8, 4) is 5.00 Å². The van der Waals surface area contributed by atoms with Gasteiger partial charge in [-0.25, -0.2) is 9.07 Å². The van der Waals surface area contributed by atoms with Gasteiger partial charge in [0.1, 0.15) is 11.2 Å². The van der Waals surface area contributed by atoms with E-state index in [9.17, 15) is 4.39 Å². The van der Waals surface area contributed by atoms with E-state index in [-0.39, 0.29) is 5.92 Å². The second kappa shape index (κ2) is 6.10. The van der Waals surface area contributed by atoms with E-state index in [4.69, 9.17) is 11.6 Å². The summed E-state index contributed by atoms with van der Waals surface area (Å²) in [5.74, 6) is -0.162. The van der Waals surface area contributed by atoms with E-state index in [1.54, 1.807) is 6.20 Å². The van der Waals surface area contributed by atoms with Crippen LogP contribution in [0.4, 0.5) is 4.39 Å². The Morgan fingerprint density at radius 2 is 2.17 bits per heavy atom. The van der Waals surface area contributed by atoms with E-state index in [1.807, 2.05) is 41.8 Å². The van der Waals surface area contributed by atoms with E-state index in [0.29, 0.717) is 11.6 Å². The zero-order valence-corrected chi connectivity index (χ0v) is 15.1. The fourth-order valence-corrected chi connectivity index (χ4v) is 4.43. The standard InChI is InChI=1S/C17H18ClFN4S/c1-10-5-17(24-21-10)23-16-7-13(14(18)6-11(16)8-20-23)12-3-4-22(2)9-15(12)19/h5-8,12,15H,3-4,9H2,1-2H3/t12-,15+/m1/s1. The van der Waals surface area contributed by atoms with Gasteiger partial charge in [0.2, 0.25) is 0 Å². The highest BCUT2D eigenvalue weighted by Crippen LogP contribution is 2.37. The summed E-state index contributed by atoms with van der Waals surface area (Å²) in [4.78, 5) is 2.03. The molecular weight excluding hydrogens is 347 g/mol. The van der Waals surface area contributed by atoms with Gasteiger partial charge in [0.15, 0.2) is 0 Å². The van der Waals surface area contributed by atoms with Crippen molar-refractivity contribution in [2.24, 2.45) is 0 Å². The molecule has 1 saturated heterocycles. The van der Waals surface area contributed by atoms with Crippen LogP contribution in [0.3, 0.4) is 0 Å². The predicted octanol–water partition coefficient (Wildman–Crippen LogP) is 4.20. The Kier molecular flexibility index (Phi) is 4.06. The lowest BCUT2D eigenvalue weighted by molar-refractivity contribution is 0.139. The molecule has 1 fully saturated rings. The lowest BCUT2D eigenvalue weighted by Crippen LogP contribution is -2.38. The number of rotatable bonds is 2. The molecule has 2 aromatic heterocycles. The third kappa shape index (κ3) is 2.72. The monoisotopic (exact) mass is 364 g/mol. The molecule has 24 heavy (non-hydrogen) atoms. The number of halogens is 2. The first kappa shape index (κ1) is 16.0. The van der Waals surface area contributed by atoms with Crippen molar-refractivity contribution in [3.05, 3.63) is 40.7 Å². The van der Waals surface area contributed by atoms with Crippen LogP contribution in [-0.4, -0.2) is 45.4 Å². The fourth-order valence-electron chi connectivity index (χ4n) is 3.38. The SMILES string of the molecule is Cc1cc(-n2ncc3cc(Cl)c([C@H]4CCN(C)C[C@@H]4F)cc32)sn1. The summed E-state index contributed by atoms with van der Waals surface area (Å²) in [6.45, 7) is 3.29. The highest BCUT2D eigenvalue weighted by Gasteiger charge is 2.30. The Labute approximate surface area is 149 Å². The second-order valence-electron chi connectivity index (χ2n) is 6.47. The van der Waals surface area contributed by atoms with Gasteiger partial charge >= 0.3 is 0 Å². The Balaban J connectivity index is 1.80. The first-order chi connectivity index (χ1) is 11.5. The van der Waals surface area contributed by atoms with Gasteiger partial charge < -0.3 is 4.90 Å². The molecular formula is C17H18ClFN4S. The van der Waals surface area contributed by atoms with E-state index in [1.165, 1.54) is 11.5 Å². The first-order valence-corrected chi connectivity index (χ1v) is 9.11. The van der Waals surface area contributed by atoms with Crippen molar-refractivity contribution in [2.45, 2.75) is 25.4 Å². The van der Waals surface area contributed by atoms with Gasteiger partial charge in [0.25, 0.3) is 0 Å². The topological polar surface area (TPSA) is 34.0 Å². The van der Waals surface area contributed by atoms with Gasteiger partial charge in [0, 0.05) is 22.9 Å². The molecule has 2 atom stereocenters. The number of alkyl halides is 1. The second-order valence-corrected chi connectivity index (χ2v) is 7.66. The summed E-state index contributed by atoms with van der Waals surface area (Å²) in [6.07, 6.45) is 1.67.